The summed E-state index contributed by atoms with van der Waals surface area (Å²) >= 11 is 0. The average Bonchev–Trinajstić information content (AvgIpc) is 2.49. The van der Waals surface area contributed by atoms with E-state index < -0.39 is 11.8 Å². The van der Waals surface area contributed by atoms with Crippen LogP contribution >= 0.6 is 0 Å². The topological polar surface area (TPSA) is 69.4 Å². The minimum Gasteiger partial charge on any atom is -0.380 e. The highest BCUT2D eigenvalue weighted by Crippen LogP contribution is 2.27. The van der Waals surface area contributed by atoms with E-state index in [2.05, 4.69) is 0 Å². The van der Waals surface area contributed by atoms with Crippen LogP contribution < -0.4 is 5.73 Å². The molecule has 1 amide bonds. The fourth-order valence-corrected chi connectivity index (χ4v) is 2.34. The van der Waals surface area contributed by atoms with E-state index in [0.717, 1.165) is 17.4 Å². The molecule has 2 aromatic rings. The molecule has 0 saturated heterocycles. The van der Waals surface area contributed by atoms with E-state index in [4.69, 9.17) is 10.5 Å². The number of amides is 1. The first kappa shape index (κ1) is 14.9. The number of hydrogen-bond donors (Lipinski definition) is 1. The van der Waals surface area contributed by atoms with Gasteiger partial charge in [-0.05, 0) is 22.8 Å². The van der Waals surface area contributed by atoms with E-state index in [-0.39, 0.29) is 0 Å². The van der Waals surface area contributed by atoms with Crippen molar-refractivity contribution in [3.63, 3.8) is 0 Å². The number of methoxy groups -OCH3 is 1. The molecule has 0 aliphatic rings. The Labute approximate surface area is 123 Å². The summed E-state index contributed by atoms with van der Waals surface area (Å²) in [4.78, 5) is 23.2. The molecule has 0 spiro atoms. The fraction of sp³-hybridized carbons (Fsp3) is 0.176. The van der Waals surface area contributed by atoms with Gasteiger partial charge in [0.25, 0.3) is 0 Å². The molecular formula is C17H17NO3. The van der Waals surface area contributed by atoms with Crippen LogP contribution in [-0.4, -0.2) is 19.3 Å². The summed E-state index contributed by atoms with van der Waals surface area (Å²) in [7, 11) is 1.59. The molecule has 0 radical (unpaired) electrons. The van der Waals surface area contributed by atoms with E-state index in [1.54, 1.807) is 25.3 Å². The molecule has 0 fully saturated rings. The van der Waals surface area contributed by atoms with Gasteiger partial charge in [0.2, 0.25) is 5.91 Å². The van der Waals surface area contributed by atoms with Crippen LogP contribution in [0.1, 0.15) is 33.0 Å². The second kappa shape index (κ2) is 6.81. The smallest absolute Gasteiger partial charge is 0.249 e. The van der Waals surface area contributed by atoms with Crippen molar-refractivity contribution in [2.45, 2.75) is 12.5 Å². The van der Waals surface area contributed by atoms with Gasteiger partial charge in [-0.25, -0.2) is 0 Å². The summed E-state index contributed by atoms with van der Waals surface area (Å²) in [6.45, 7) is 0.409. The summed E-state index contributed by atoms with van der Waals surface area (Å²) in [5.74, 6) is -1.07. The fourth-order valence-electron chi connectivity index (χ4n) is 2.34. The van der Waals surface area contributed by atoms with Crippen LogP contribution in [0.25, 0.3) is 0 Å². The van der Waals surface area contributed by atoms with Crippen molar-refractivity contribution in [1.29, 1.82) is 0 Å². The van der Waals surface area contributed by atoms with Gasteiger partial charge in [0.05, 0.1) is 12.5 Å². The number of hydrogen-bond acceptors (Lipinski definition) is 3. The molecule has 2 rings (SSSR count). The Balaban J connectivity index is 2.54. The second-order valence-corrected chi connectivity index (χ2v) is 4.74. The standard InChI is InChI=1S/C17H17NO3/c1-21-11-12-7-8-14(17(18)20)15(9-12)16(10-19)13-5-3-2-4-6-13/h2-10,16H,11H2,1H3,(H2,18,20). The maximum absolute atomic E-state index is 11.6. The molecule has 0 aliphatic carbocycles. The highest BCUT2D eigenvalue weighted by Gasteiger charge is 2.19. The molecule has 0 bridgehead atoms. The zero-order chi connectivity index (χ0) is 15.2. The molecule has 0 heterocycles. The van der Waals surface area contributed by atoms with Gasteiger partial charge < -0.3 is 15.3 Å². The Morgan fingerprint density at radius 1 is 1.24 bits per heavy atom. The number of benzene rings is 2. The lowest BCUT2D eigenvalue weighted by Crippen LogP contribution is -2.17. The van der Waals surface area contributed by atoms with Gasteiger partial charge in [0.15, 0.2) is 0 Å². The summed E-state index contributed by atoms with van der Waals surface area (Å²) in [6, 6.07) is 14.5. The third kappa shape index (κ3) is 3.35. The minimum atomic E-state index is -0.545. The number of ether oxygens (including phenoxy) is 1. The molecule has 1 atom stereocenters. The van der Waals surface area contributed by atoms with Gasteiger partial charge in [0.1, 0.15) is 6.29 Å². The molecule has 108 valence electrons. The van der Waals surface area contributed by atoms with Crippen LogP contribution in [0.5, 0.6) is 0 Å². The normalized spacial score (nSPS) is 11.9. The Hall–Kier alpha value is -2.46. The lowest BCUT2D eigenvalue weighted by molar-refractivity contribution is -0.108. The van der Waals surface area contributed by atoms with E-state index in [0.29, 0.717) is 17.7 Å². The number of carbonyl (C=O) groups is 2. The lowest BCUT2D eigenvalue weighted by atomic mass is 9.88. The molecule has 1 unspecified atom stereocenters. The maximum Gasteiger partial charge on any atom is 0.249 e. The Bertz CT molecular complexity index is 638. The van der Waals surface area contributed by atoms with Crippen molar-refractivity contribution in [2.24, 2.45) is 5.73 Å². The molecule has 4 nitrogen and oxygen atoms in total. The lowest BCUT2D eigenvalue weighted by Gasteiger charge is -2.16. The predicted molar refractivity (Wildman–Crippen MR) is 80.0 cm³/mol. The monoisotopic (exact) mass is 283 g/mol. The summed E-state index contributed by atoms with van der Waals surface area (Å²) in [5, 5.41) is 0. The molecule has 2 aromatic carbocycles. The second-order valence-electron chi connectivity index (χ2n) is 4.74. The third-order valence-electron chi connectivity index (χ3n) is 3.32. The number of rotatable bonds is 6. The molecule has 21 heavy (non-hydrogen) atoms. The summed E-state index contributed by atoms with van der Waals surface area (Å²) < 4.78 is 5.10. The number of aldehydes is 1. The number of carbonyl (C=O) groups excluding carboxylic acids is 2. The minimum absolute atomic E-state index is 0.357. The number of nitrogens with two attached hydrogens (primary N) is 1. The van der Waals surface area contributed by atoms with Crippen molar-refractivity contribution in [1.82, 2.24) is 0 Å². The van der Waals surface area contributed by atoms with Gasteiger partial charge in [-0.1, -0.05) is 42.5 Å². The first-order chi connectivity index (χ1) is 10.2. The van der Waals surface area contributed by atoms with E-state index in [9.17, 15) is 9.59 Å². The molecule has 0 saturated carbocycles. The predicted octanol–water partition coefficient (Wildman–Crippen LogP) is 2.26. The van der Waals surface area contributed by atoms with Crippen molar-refractivity contribution in [2.75, 3.05) is 7.11 Å². The maximum atomic E-state index is 11.6. The van der Waals surface area contributed by atoms with Crippen LogP contribution in [0, 0.1) is 0 Å². The summed E-state index contributed by atoms with van der Waals surface area (Å²) in [5.41, 5.74) is 8.10. The first-order valence-electron chi connectivity index (χ1n) is 6.59. The van der Waals surface area contributed by atoms with Crippen molar-refractivity contribution >= 4 is 12.2 Å². The van der Waals surface area contributed by atoms with E-state index >= 15 is 0 Å². The van der Waals surface area contributed by atoms with Crippen LogP contribution in [0.15, 0.2) is 48.5 Å². The van der Waals surface area contributed by atoms with Crippen LogP contribution in [-0.2, 0) is 16.1 Å². The highest BCUT2D eigenvalue weighted by atomic mass is 16.5. The SMILES string of the molecule is COCc1ccc(C(N)=O)c(C(C=O)c2ccccc2)c1. The Kier molecular flexibility index (Phi) is 4.85. The average molecular weight is 283 g/mol. The largest absolute Gasteiger partial charge is 0.380 e. The highest BCUT2D eigenvalue weighted by molar-refractivity contribution is 5.96. The van der Waals surface area contributed by atoms with Crippen molar-refractivity contribution in [3.8, 4) is 0 Å². The quantitative estimate of drug-likeness (QED) is 0.827. The van der Waals surface area contributed by atoms with Crippen molar-refractivity contribution in [3.05, 3.63) is 70.8 Å². The summed E-state index contributed by atoms with van der Waals surface area (Å²) in [6.07, 6.45) is 0.827. The zero-order valence-electron chi connectivity index (χ0n) is 11.8. The van der Waals surface area contributed by atoms with Gasteiger partial charge >= 0.3 is 0 Å². The molecule has 2 N–H and O–H groups in total. The molecule has 0 aliphatic heterocycles. The number of primary amides is 1. The van der Waals surface area contributed by atoms with Gasteiger partial charge in [-0.2, -0.15) is 0 Å². The Morgan fingerprint density at radius 3 is 2.52 bits per heavy atom. The van der Waals surface area contributed by atoms with Gasteiger partial charge in [0, 0.05) is 12.7 Å². The van der Waals surface area contributed by atoms with Crippen molar-refractivity contribution < 1.29 is 14.3 Å². The third-order valence-corrected chi connectivity index (χ3v) is 3.32. The molecule has 4 heteroatoms. The van der Waals surface area contributed by atoms with E-state index in [1.165, 1.54) is 0 Å². The van der Waals surface area contributed by atoms with Crippen LogP contribution in [0.3, 0.4) is 0 Å². The Morgan fingerprint density at radius 2 is 1.95 bits per heavy atom. The first-order valence-corrected chi connectivity index (χ1v) is 6.59. The molecular weight excluding hydrogens is 266 g/mol. The van der Waals surface area contributed by atoms with Gasteiger partial charge in [-0.15, -0.1) is 0 Å². The van der Waals surface area contributed by atoms with Gasteiger partial charge in [-0.3, -0.25) is 4.79 Å². The van der Waals surface area contributed by atoms with Crippen LogP contribution in [0.4, 0.5) is 0 Å². The molecule has 0 aromatic heterocycles. The zero-order valence-corrected chi connectivity index (χ0v) is 11.8. The van der Waals surface area contributed by atoms with E-state index in [1.807, 2.05) is 30.3 Å². The van der Waals surface area contributed by atoms with Crippen LogP contribution in [0.2, 0.25) is 0 Å².